The van der Waals surface area contributed by atoms with Gasteiger partial charge >= 0.3 is 0 Å². The normalized spacial score (nSPS) is 11.3. The van der Waals surface area contributed by atoms with E-state index in [1.54, 1.807) is 12.3 Å². The van der Waals surface area contributed by atoms with Crippen LogP contribution in [0.1, 0.15) is 50.0 Å². The molecular formula is C24H30N4O3S. The second-order valence-electron chi connectivity index (χ2n) is 8.58. The van der Waals surface area contributed by atoms with Crippen molar-refractivity contribution in [2.45, 2.75) is 46.6 Å². The molecule has 1 aromatic carbocycles. The van der Waals surface area contributed by atoms with Gasteiger partial charge in [0.2, 0.25) is 5.91 Å². The van der Waals surface area contributed by atoms with E-state index in [9.17, 15) is 9.59 Å². The third kappa shape index (κ3) is 5.97. The molecule has 0 unspecified atom stereocenters. The molecule has 32 heavy (non-hydrogen) atoms. The van der Waals surface area contributed by atoms with Gasteiger partial charge in [-0.15, -0.1) is 11.3 Å². The van der Waals surface area contributed by atoms with Crippen molar-refractivity contribution in [2.75, 3.05) is 18.5 Å². The third-order valence-electron chi connectivity index (χ3n) is 4.82. The van der Waals surface area contributed by atoms with Crippen molar-refractivity contribution in [3.8, 4) is 17.0 Å². The number of carbonyl (C=O) groups is 2. The largest absolute Gasteiger partial charge is 0.493 e. The first kappa shape index (κ1) is 23.5. The highest BCUT2D eigenvalue weighted by Crippen LogP contribution is 2.29. The van der Waals surface area contributed by atoms with Crippen molar-refractivity contribution >= 4 is 28.3 Å². The summed E-state index contributed by atoms with van der Waals surface area (Å²) >= 11 is 1.34. The summed E-state index contributed by atoms with van der Waals surface area (Å²) in [5, 5.41) is 7.78. The summed E-state index contributed by atoms with van der Waals surface area (Å²) in [4.78, 5) is 29.1. The maximum Gasteiger partial charge on any atom is 0.253 e. The van der Waals surface area contributed by atoms with Crippen LogP contribution in [0.2, 0.25) is 0 Å². The predicted molar refractivity (Wildman–Crippen MR) is 128 cm³/mol. The molecule has 2 amide bonds. The Kier molecular flexibility index (Phi) is 7.35. The number of hydrogen-bond acceptors (Lipinski definition) is 5. The maximum absolute atomic E-state index is 12.3. The average molecular weight is 455 g/mol. The predicted octanol–water partition coefficient (Wildman–Crippen LogP) is 4.83. The number of rotatable bonds is 8. The molecule has 0 atom stereocenters. The summed E-state index contributed by atoms with van der Waals surface area (Å²) in [6.07, 6.45) is 4.59. The molecule has 0 aliphatic rings. The fourth-order valence-corrected chi connectivity index (χ4v) is 3.76. The molecule has 0 aliphatic heterocycles. The molecule has 8 heteroatoms. The van der Waals surface area contributed by atoms with E-state index in [0.29, 0.717) is 17.3 Å². The lowest BCUT2D eigenvalue weighted by Gasteiger charge is -2.20. The summed E-state index contributed by atoms with van der Waals surface area (Å²) in [7, 11) is 0. The topological polar surface area (TPSA) is 85.3 Å². The number of nitrogens with one attached hydrogen (secondary N) is 2. The molecule has 3 aromatic rings. The van der Waals surface area contributed by atoms with Crippen LogP contribution in [0, 0.1) is 6.92 Å². The van der Waals surface area contributed by atoms with Crippen LogP contribution < -0.4 is 15.4 Å². The SMILES string of the molecule is CCCOc1ccc(-c2csc(NC(=O)CNC(=O)c3ccn(C(C)(C)C)c3)n2)cc1C. The second-order valence-corrected chi connectivity index (χ2v) is 9.43. The Morgan fingerprint density at radius 1 is 1.22 bits per heavy atom. The third-order valence-corrected chi connectivity index (χ3v) is 5.58. The number of hydrogen-bond donors (Lipinski definition) is 2. The Bertz CT molecular complexity index is 1090. The van der Waals surface area contributed by atoms with E-state index in [0.717, 1.165) is 29.0 Å². The molecule has 2 heterocycles. The Hall–Kier alpha value is -3.13. The molecule has 2 N–H and O–H groups in total. The van der Waals surface area contributed by atoms with E-state index in [4.69, 9.17) is 4.74 Å². The van der Waals surface area contributed by atoms with Crippen LogP contribution in [0.15, 0.2) is 42.0 Å². The van der Waals surface area contributed by atoms with Gasteiger partial charge in [-0.3, -0.25) is 9.59 Å². The Balaban J connectivity index is 1.55. The van der Waals surface area contributed by atoms with Crippen LogP contribution in [0.5, 0.6) is 5.75 Å². The van der Waals surface area contributed by atoms with Crippen LogP contribution in [-0.4, -0.2) is 34.5 Å². The molecule has 0 spiro atoms. The zero-order chi connectivity index (χ0) is 23.3. The lowest BCUT2D eigenvalue weighted by atomic mass is 10.1. The Morgan fingerprint density at radius 2 is 2.00 bits per heavy atom. The van der Waals surface area contributed by atoms with Crippen LogP contribution in [0.4, 0.5) is 5.13 Å². The first-order valence-corrected chi connectivity index (χ1v) is 11.5. The molecule has 0 saturated carbocycles. The summed E-state index contributed by atoms with van der Waals surface area (Å²) in [6.45, 7) is 10.8. The zero-order valence-electron chi connectivity index (χ0n) is 19.2. The highest BCUT2D eigenvalue weighted by molar-refractivity contribution is 7.14. The molecule has 0 bridgehead atoms. The van der Waals surface area contributed by atoms with Crippen molar-refractivity contribution in [2.24, 2.45) is 0 Å². The molecular weight excluding hydrogens is 424 g/mol. The van der Waals surface area contributed by atoms with Gasteiger partial charge in [0.1, 0.15) is 5.75 Å². The first-order valence-electron chi connectivity index (χ1n) is 10.6. The molecule has 0 radical (unpaired) electrons. The molecule has 7 nitrogen and oxygen atoms in total. The molecule has 2 aromatic heterocycles. The second kappa shape index (κ2) is 9.99. The Labute approximate surface area is 192 Å². The van der Waals surface area contributed by atoms with Gasteiger partial charge in [0.25, 0.3) is 5.91 Å². The molecule has 0 saturated heterocycles. The molecule has 170 valence electrons. The van der Waals surface area contributed by atoms with Crippen LogP contribution in [0.25, 0.3) is 11.3 Å². The monoisotopic (exact) mass is 454 g/mol. The highest BCUT2D eigenvalue weighted by atomic mass is 32.1. The maximum atomic E-state index is 12.3. The van der Waals surface area contributed by atoms with Gasteiger partial charge in [-0.2, -0.15) is 0 Å². The van der Waals surface area contributed by atoms with Crippen LogP contribution >= 0.6 is 11.3 Å². The quantitative estimate of drug-likeness (QED) is 0.510. The average Bonchev–Trinajstić information content (AvgIpc) is 3.41. The summed E-state index contributed by atoms with van der Waals surface area (Å²) < 4.78 is 7.68. The van der Waals surface area contributed by atoms with Crippen molar-refractivity contribution in [3.05, 3.63) is 53.2 Å². The number of benzene rings is 1. The van der Waals surface area contributed by atoms with Gasteiger partial charge in [0, 0.05) is 28.9 Å². The van der Waals surface area contributed by atoms with Gasteiger partial charge in [-0.25, -0.2) is 4.98 Å². The standard InChI is InChI=1S/C24H30N4O3S/c1-6-11-31-20-8-7-17(12-16(20)2)19-15-32-23(26-19)27-21(29)13-25-22(30)18-9-10-28(14-18)24(3,4)5/h7-10,12,14-15H,6,11,13H2,1-5H3,(H,25,30)(H,26,27,29). The van der Waals surface area contributed by atoms with E-state index in [2.05, 4.69) is 43.3 Å². The minimum atomic E-state index is -0.325. The number of nitrogens with zero attached hydrogens (tertiary/aromatic N) is 2. The number of aromatic nitrogens is 2. The molecule has 0 aliphatic carbocycles. The van der Waals surface area contributed by atoms with Gasteiger partial charge in [-0.1, -0.05) is 6.92 Å². The van der Waals surface area contributed by atoms with Crippen molar-refractivity contribution in [1.82, 2.24) is 14.9 Å². The number of aryl methyl sites for hydroxylation is 1. The minimum absolute atomic E-state index is 0.111. The summed E-state index contributed by atoms with van der Waals surface area (Å²) in [5.74, 6) is 0.255. The lowest BCUT2D eigenvalue weighted by Crippen LogP contribution is -2.32. The number of amides is 2. The number of anilines is 1. The smallest absolute Gasteiger partial charge is 0.253 e. The number of thiazole rings is 1. The fourth-order valence-electron chi connectivity index (χ4n) is 3.02. The van der Waals surface area contributed by atoms with Gasteiger partial charge in [0.05, 0.1) is 24.4 Å². The highest BCUT2D eigenvalue weighted by Gasteiger charge is 2.16. The number of ether oxygens (including phenoxy) is 1. The van der Waals surface area contributed by atoms with Crippen molar-refractivity contribution in [1.29, 1.82) is 0 Å². The van der Waals surface area contributed by atoms with Crippen molar-refractivity contribution in [3.63, 3.8) is 0 Å². The van der Waals surface area contributed by atoms with Crippen LogP contribution in [-0.2, 0) is 10.3 Å². The fraction of sp³-hybridized carbons (Fsp3) is 0.375. The van der Waals surface area contributed by atoms with Gasteiger partial charge in [0.15, 0.2) is 5.13 Å². The van der Waals surface area contributed by atoms with E-state index >= 15 is 0 Å². The molecule has 3 rings (SSSR count). The first-order chi connectivity index (χ1) is 15.2. The van der Waals surface area contributed by atoms with Crippen LogP contribution in [0.3, 0.4) is 0 Å². The minimum Gasteiger partial charge on any atom is -0.493 e. The van der Waals surface area contributed by atoms with Gasteiger partial charge < -0.3 is 19.9 Å². The molecule has 0 fully saturated rings. The van der Waals surface area contributed by atoms with E-state index < -0.39 is 0 Å². The van der Waals surface area contributed by atoms with E-state index in [-0.39, 0.29) is 23.9 Å². The zero-order valence-corrected chi connectivity index (χ0v) is 20.0. The van der Waals surface area contributed by atoms with E-state index in [1.807, 2.05) is 41.3 Å². The van der Waals surface area contributed by atoms with Gasteiger partial charge in [-0.05, 0) is 63.9 Å². The summed E-state index contributed by atoms with van der Waals surface area (Å²) in [5.41, 5.74) is 3.19. The summed E-state index contributed by atoms with van der Waals surface area (Å²) in [6, 6.07) is 7.67. The Morgan fingerprint density at radius 3 is 2.66 bits per heavy atom. The lowest BCUT2D eigenvalue weighted by molar-refractivity contribution is -0.115. The van der Waals surface area contributed by atoms with Crippen molar-refractivity contribution < 1.29 is 14.3 Å². The van der Waals surface area contributed by atoms with E-state index in [1.165, 1.54) is 11.3 Å². The number of carbonyl (C=O) groups excluding carboxylic acids is 2.